The molecule has 1 atom stereocenters. The number of carbonyl (C=O) groups excluding carboxylic acids is 1. The van der Waals surface area contributed by atoms with Gasteiger partial charge in [-0.3, -0.25) is 0 Å². The predicted octanol–water partition coefficient (Wildman–Crippen LogP) is 2.98. The Bertz CT molecular complexity index is 486. The highest BCUT2D eigenvalue weighted by molar-refractivity contribution is 5.84. The lowest BCUT2D eigenvalue weighted by molar-refractivity contribution is -0.155. The minimum atomic E-state index is -0.432. The number of anilines is 1. The normalized spacial score (nSPS) is 18.2. The van der Waals surface area contributed by atoms with E-state index in [9.17, 15) is 4.79 Å². The summed E-state index contributed by atoms with van der Waals surface area (Å²) in [6, 6.07) is 4.02. The van der Waals surface area contributed by atoms with E-state index in [1.165, 1.54) is 16.7 Å². The quantitative estimate of drug-likeness (QED) is 0.775. The first-order chi connectivity index (χ1) is 8.26. The van der Waals surface area contributed by atoms with Crippen molar-refractivity contribution in [2.24, 2.45) is 0 Å². The summed E-state index contributed by atoms with van der Waals surface area (Å²) >= 11 is 0. The van der Waals surface area contributed by atoms with Crippen molar-refractivity contribution in [1.29, 1.82) is 0 Å². The molecule has 0 radical (unpaired) electrons. The van der Waals surface area contributed by atoms with Crippen LogP contribution < -0.4 is 5.32 Å². The molecule has 1 aromatic carbocycles. The van der Waals surface area contributed by atoms with Crippen molar-refractivity contribution in [1.82, 2.24) is 0 Å². The van der Waals surface area contributed by atoms with E-state index >= 15 is 0 Å². The molecule has 0 spiro atoms. The molecule has 0 aliphatic carbocycles. The van der Waals surface area contributed by atoms with Crippen molar-refractivity contribution >= 4 is 11.7 Å². The average Bonchev–Trinajstić information content (AvgIpc) is 2.58. The molecule has 0 bridgehead atoms. The van der Waals surface area contributed by atoms with E-state index in [-0.39, 0.29) is 12.0 Å². The Labute approximate surface area is 109 Å². The number of benzene rings is 1. The maximum atomic E-state index is 12.0. The Morgan fingerprint density at radius 3 is 2.61 bits per heavy atom. The van der Waals surface area contributed by atoms with Gasteiger partial charge < -0.3 is 10.1 Å². The molecule has 18 heavy (non-hydrogen) atoms. The van der Waals surface area contributed by atoms with Gasteiger partial charge in [0.1, 0.15) is 11.6 Å². The minimum Gasteiger partial charge on any atom is -0.458 e. The van der Waals surface area contributed by atoms with Crippen molar-refractivity contribution in [3.63, 3.8) is 0 Å². The smallest absolute Gasteiger partial charge is 0.329 e. The number of aryl methyl sites for hydroxylation is 2. The molecule has 3 heteroatoms. The summed E-state index contributed by atoms with van der Waals surface area (Å²) in [6.07, 6.45) is 0.715. The van der Waals surface area contributed by atoms with Gasteiger partial charge in [0.2, 0.25) is 0 Å². The fourth-order valence-corrected chi connectivity index (χ4v) is 2.38. The lowest BCUT2D eigenvalue weighted by atomic mass is 10.0. The van der Waals surface area contributed by atoms with Crippen molar-refractivity contribution in [3.05, 3.63) is 28.8 Å². The van der Waals surface area contributed by atoms with E-state index in [2.05, 4.69) is 31.3 Å². The fourth-order valence-electron chi connectivity index (χ4n) is 2.38. The first-order valence-corrected chi connectivity index (χ1v) is 6.36. The number of esters is 1. The first kappa shape index (κ1) is 12.9. The standard InChI is InChI=1S/C15H21NO2/c1-9-6-10(2)13-11(7-9)8-12(16-13)14(17)18-15(3,4)5/h6-7,12,16H,8H2,1-5H3/t12-/m0/s1. The van der Waals surface area contributed by atoms with E-state index < -0.39 is 5.60 Å². The fraction of sp³-hybridized carbons (Fsp3) is 0.533. The van der Waals surface area contributed by atoms with E-state index in [1.54, 1.807) is 0 Å². The average molecular weight is 247 g/mol. The molecule has 0 saturated carbocycles. The monoisotopic (exact) mass is 247 g/mol. The molecular weight excluding hydrogens is 226 g/mol. The third-order valence-electron chi connectivity index (χ3n) is 3.00. The Morgan fingerprint density at radius 2 is 2.00 bits per heavy atom. The van der Waals surface area contributed by atoms with Gasteiger partial charge in [-0.05, 0) is 45.7 Å². The van der Waals surface area contributed by atoms with Crippen LogP contribution in [0.1, 0.15) is 37.5 Å². The van der Waals surface area contributed by atoms with Gasteiger partial charge in [-0.1, -0.05) is 17.7 Å². The number of fused-ring (bicyclic) bond motifs is 1. The van der Waals surface area contributed by atoms with Crippen LogP contribution in [0.5, 0.6) is 0 Å². The molecule has 1 aliphatic heterocycles. The second-order valence-electron chi connectivity index (χ2n) is 6.05. The van der Waals surface area contributed by atoms with E-state index in [0.717, 1.165) is 5.69 Å². The molecule has 98 valence electrons. The Kier molecular flexibility index (Phi) is 3.09. The van der Waals surface area contributed by atoms with Gasteiger partial charge in [0.25, 0.3) is 0 Å². The van der Waals surface area contributed by atoms with Crippen molar-refractivity contribution in [2.75, 3.05) is 5.32 Å². The van der Waals surface area contributed by atoms with Gasteiger partial charge in [0, 0.05) is 12.1 Å². The van der Waals surface area contributed by atoms with Gasteiger partial charge in [-0.25, -0.2) is 4.79 Å². The summed E-state index contributed by atoms with van der Waals surface area (Å²) in [5.41, 5.74) is 4.30. The lowest BCUT2D eigenvalue weighted by Crippen LogP contribution is -2.35. The first-order valence-electron chi connectivity index (χ1n) is 6.36. The summed E-state index contributed by atoms with van der Waals surface area (Å²) in [4.78, 5) is 12.0. The molecule has 1 heterocycles. The van der Waals surface area contributed by atoms with Crippen LogP contribution in [0.4, 0.5) is 5.69 Å². The van der Waals surface area contributed by atoms with Crippen molar-refractivity contribution in [2.45, 2.75) is 52.7 Å². The van der Waals surface area contributed by atoms with E-state index in [0.29, 0.717) is 6.42 Å². The van der Waals surface area contributed by atoms with Gasteiger partial charge in [0.05, 0.1) is 0 Å². The number of hydrogen-bond donors (Lipinski definition) is 1. The van der Waals surface area contributed by atoms with Crippen LogP contribution in [0, 0.1) is 13.8 Å². The SMILES string of the molecule is Cc1cc(C)c2c(c1)C[C@@H](C(=O)OC(C)(C)C)N2. The summed E-state index contributed by atoms with van der Waals surface area (Å²) in [5, 5.41) is 3.28. The number of carbonyl (C=O) groups is 1. The Morgan fingerprint density at radius 1 is 1.33 bits per heavy atom. The highest BCUT2D eigenvalue weighted by Gasteiger charge is 2.31. The zero-order chi connectivity index (χ0) is 13.5. The van der Waals surface area contributed by atoms with Gasteiger partial charge >= 0.3 is 5.97 Å². The molecule has 0 amide bonds. The summed E-state index contributed by atoms with van der Waals surface area (Å²) in [6.45, 7) is 9.82. The molecule has 0 fully saturated rings. The van der Waals surface area contributed by atoms with Crippen LogP contribution in [0.15, 0.2) is 12.1 Å². The third kappa shape index (κ3) is 2.66. The molecule has 3 nitrogen and oxygen atoms in total. The molecule has 1 N–H and O–H groups in total. The predicted molar refractivity (Wildman–Crippen MR) is 72.9 cm³/mol. The maximum Gasteiger partial charge on any atom is 0.329 e. The summed E-state index contributed by atoms with van der Waals surface area (Å²) < 4.78 is 5.42. The summed E-state index contributed by atoms with van der Waals surface area (Å²) in [5.74, 6) is -0.171. The van der Waals surface area contributed by atoms with Crippen molar-refractivity contribution < 1.29 is 9.53 Å². The number of nitrogens with one attached hydrogen (secondary N) is 1. The van der Waals surface area contributed by atoms with Gasteiger partial charge in [0.15, 0.2) is 0 Å². The molecule has 1 aromatic rings. The van der Waals surface area contributed by atoms with Crippen LogP contribution in [-0.4, -0.2) is 17.6 Å². The zero-order valence-electron chi connectivity index (χ0n) is 11.8. The van der Waals surface area contributed by atoms with Gasteiger partial charge in [-0.15, -0.1) is 0 Å². The maximum absolute atomic E-state index is 12.0. The van der Waals surface area contributed by atoms with E-state index in [1.807, 2.05) is 20.8 Å². The third-order valence-corrected chi connectivity index (χ3v) is 3.00. The molecule has 0 unspecified atom stereocenters. The highest BCUT2D eigenvalue weighted by atomic mass is 16.6. The number of hydrogen-bond acceptors (Lipinski definition) is 3. The number of ether oxygens (including phenoxy) is 1. The van der Waals surface area contributed by atoms with Crippen LogP contribution in [-0.2, 0) is 16.0 Å². The molecule has 2 rings (SSSR count). The van der Waals surface area contributed by atoms with Crippen LogP contribution >= 0.6 is 0 Å². The highest BCUT2D eigenvalue weighted by Crippen LogP contribution is 2.31. The molecule has 0 saturated heterocycles. The molecule has 1 aliphatic rings. The largest absolute Gasteiger partial charge is 0.458 e. The molecule has 0 aromatic heterocycles. The van der Waals surface area contributed by atoms with Crippen LogP contribution in [0.25, 0.3) is 0 Å². The second-order valence-corrected chi connectivity index (χ2v) is 6.05. The Balaban J connectivity index is 2.15. The van der Waals surface area contributed by atoms with Gasteiger partial charge in [-0.2, -0.15) is 0 Å². The molecular formula is C15H21NO2. The van der Waals surface area contributed by atoms with Crippen molar-refractivity contribution in [3.8, 4) is 0 Å². The van der Waals surface area contributed by atoms with E-state index in [4.69, 9.17) is 4.74 Å². The lowest BCUT2D eigenvalue weighted by Gasteiger charge is -2.22. The van der Waals surface area contributed by atoms with Crippen LogP contribution in [0.2, 0.25) is 0 Å². The topological polar surface area (TPSA) is 38.3 Å². The minimum absolute atomic E-state index is 0.171. The second kappa shape index (κ2) is 4.30. The Hall–Kier alpha value is -1.51. The summed E-state index contributed by atoms with van der Waals surface area (Å²) in [7, 11) is 0. The van der Waals surface area contributed by atoms with Crippen LogP contribution in [0.3, 0.4) is 0 Å². The number of rotatable bonds is 1. The zero-order valence-corrected chi connectivity index (χ0v) is 11.8.